The molecule has 0 aromatic rings. The lowest BCUT2D eigenvalue weighted by Crippen LogP contribution is -2.49. The van der Waals surface area contributed by atoms with Gasteiger partial charge in [0.15, 0.2) is 0 Å². The summed E-state index contributed by atoms with van der Waals surface area (Å²) in [5.74, 6) is 0.274. The third kappa shape index (κ3) is 4.64. The van der Waals surface area contributed by atoms with E-state index in [1.807, 2.05) is 0 Å². The number of hydrogen-bond donors (Lipinski definition) is 2. The Morgan fingerprint density at radius 3 is 2.44 bits per heavy atom. The maximum Gasteiger partial charge on any atom is 0.239 e. The SMILES string of the molecule is CC(=O)N(C)CC(=O)NC(CN)C1CCCCC1. The summed E-state index contributed by atoms with van der Waals surface area (Å²) in [6.45, 7) is 2.04. The molecule has 1 fully saturated rings. The van der Waals surface area contributed by atoms with Gasteiger partial charge in [-0.25, -0.2) is 0 Å². The summed E-state index contributed by atoms with van der Waals surface area (Å²) in [4.78, 5) is 24.3. The molecule has 2 amide bonds. The minimum absolute atomic E-state index is 0.0539. The van der Waals surface area contributed by atoms with Gasteiger partial charge in [-0.1, -0.05) is 19.3 Å². The molecule has 18 heavy (non-hydrogen) atoms. The summed E-state index contributed by atoms with van der Waals surface area (Å²) in [5.41, 5.74) is 5.75. The van der Waals surface area contributed by atoms with Crippen LogP contribution < -0.4 is 11.1 Å². The zero-order chi connectivity index (χ0) is 13.5. The Balaban J connectivity index is 2.41. The molecule has 1 aliphatic rings. The highest BCUT2D eigenvalue weighted by atomic mass is 16.2. The number of nitrogens with one attached hydrogen (secondary N) is 1. The molecule has 1 rings (SSSR count). The highest BCUT2D eigenvalue weighted by molar-refractivity contribution is 5.83. The summed E-state index contributed by atoms with van der Waals surface area (Å²) in [6.07, 6.45) is 6.03. The Morgan fingerprint density at radius 1 is 1.33 bits per heavy atom. The molecule has 0 bridgehead atoms. The number of nitrogens with two attached hydrogens (primary N) is 1. The smallest absolute Gasteiger partial charge is 0.239 e. The van der Waals surface area contributed by atoms with Gasteiger partial charge in [-0.15, -0.1) is 0 Å². The van der Waals surface area contributed by atoms with Gasteiger partial charge in [0.2, 0.25) is 11.8 Å². The minimum atomic E-state index is -0.117. The largest absolute Gasteiger partial charge is 0.350 e. The molecule has 5 nitrogen and oxygen atoms in total. The number of likely N-dealkylation sites (N-methyl/N-ethyl adjacent to an activating group) is 1. The van der Waals surface area contributed by atoms with E-state index in [1.165, 1.54) is 31.1 Å². The van der Waals surface area contributed by atoms with Gasteiger partial charge < -0.3 is 16.0 Å². The normalized spacial score (nSPS) is 18.2. The standard InChI is InChI=1S/C13H25N3O2/c1-10(17)16(2)9-13(18)15-12(8-14)11-6-4-3-5-7-11/h11-12H,3-9,14H2,1-2H3,(H,15,18). The van der Waals surface area contributed by atoms with Gasteiger partial charge in [0.05, 0.1) is 6.54 Å². The van der Waals surface area contributed by atoms with Crippen LogP contribution in [-0.4, -0.2) is 42.9 Å². The number of carbonyl (C=O) groups excluding carboxylic acids is 2. The zero-order valence-corrected chi connectivity index (χ0v) is 11.4. The topological polar surface area (TPSA) is 75.4 Å². The van der Waals surface area contributed by atoms with Gasteiger partial charge >= 0.3 is 0 Å². The Hall–Kier alpha value is -1.10. The molecular formula is C13H25N3O2. The van der Waals surface area contributed by atoms with E-state index >= 15 is 0 Å². The summed E-state index contributed by atoms with van der Waals surface area (Å²) in [5, 5.41) is 2.96. The monoisotopic (exact) mass is 255 g/mol. The zero-order valence-electron chi connectivity index (χ0n) is 11.4. The second kappa shape index (κ2) is 7.36. The van der Waals surface area contributed by atoms with Crippen molar-refractivity contribution < 1.29 is 9.59 Å². The lowest BCUT2D eigenvalue weighted by atomic mass is 9.84. The summed E-state index contributed by atoms with van der Waals surface area (Å²) >= 11 is 0. The van der Waals surface area contributed by atoms with Gasteiger partial charge in [-0.2, -0.15) is 0 Å². The summed E-state index contributed by atoms with van der Waals surface area (Å²) in [7, 11) is 1.62. The van der Waals surface area contributed by atoms with Gasteiger partial charge in [0.25, 0.3) is 0 Å². The molecule has 0 heterocycles. The van der Waals surface area contributed by atoms with E-state index in [2.05, 4.69) is 5.32 Å². The first-order valence-electron chi connectivity index (χ1n) is 6.75. The fourth-order valence-corrected chi connectivity index (χ4v) is 2.48. The first-order valence-corrected chi connectivity index (χ1v) is 6.75. The van der Waals surface area contributed by atoms with Gasteiger partial charge in [0.1, 0.15) is 0 Å². The van der Waals surface area contributed by atoms with Crippen molar-refractivity contribution in [2.24, 2.45) is 11.7 Å². The Bertz CT molecular complexity index is 288. The molecule has 1 saturated carbocycles. The molecule has 1 unspecified atom stereocenters. The molecule has 0 aliphatic heterocycles. The van der Waals surface area contributed by atoms with Crippen LogP contribution in [0.1, 0.15) is 39.0 Å². The lowest BCUT2D eigenvalue weighted by Gasteiger charge is -2.30. The van der Waals surface area contributed by atoms with E-state index in [-0.39, 0.29) is 24.4 Å². The fraction of sp³-hybridized carbons (Fsp3) is 0.846. The number of amides is 2. The van der Waals surface area contributed by atoms with E-state index < -0.39 is 0 Å². The van der Waals surface area contributed by atoms with Gasteiger partial charge in [-0.05, 0) is 18.8 Å². The van der Waals surface area contributed by atoms with E-state index in [0.29, 0.717) is 12.5 Å². The van der Waals surface area contributed by atoms with Crippen LogP contribution in [0.15, 0.2) is 0 Å². The van der Waals surface area contributed by atoms with Crippen molar-refractivity contribution in [1.82, 2.24) is 10.2 Å². The van der Waals surface area contributed by atoms with Crippen molar-refractivity contribution in [2.75, 3.05) is 20.1 Å². The van der Waals surface area contributed by atoms with Crippen LogP contribution >= 0.6 is 0 Å². The molecule has 1 aliphatic carbocycles. The first kappa shape index (κ1) is 15.0. The molecule has 0 aromatic carbocycles. The van der Waals surface area contributed by atoms with Crippen molar-refractivity contribution in [1.29, 1.82) is 0 Å². The predicted octanol–water partition coefficient (Wildman–Crippen LogP) is 0.489. The third-order valence-electron chi connectivity index (χ3n) is 3.74. The van der Waals surface area contributed by atoms with Crippen LogP contribution in [0.2, 0.25) is 0 Å². The molecular weight excluding hydrogens is 230 g/mol. The molecule has 1 atom stereocenters. The Morgan fingerprint density at radius 2 is 1.94 bits per heavy atom. The quantitative estimate of drug-likeness (QED) is 0.750. The number of rotatable bonds is 5. The van der Waals surface area contributed by atoms with Crippen molar-refractivity contribution in [3.05, 3.63) is 0 Å². The fourth-order valence-electron chi connectivity index (χ4n) is 2.48. The predicted molar refractivity (Wildman–Crippen MR) is 70.9 cm³/mol. The summed E-state index contributed by atoms with van der Waals surface area (Å²) in [6, 6.07) is 0.0539. The average molecular weight is 255 g/mol. The second-order valence-corrected chi connectivity index (χ2v) is 5.18. The highest BCUT2D eigenvalue weighted by Crippen LogP contribution is 2.26. The van der Waals surface area contributed by atoms with Crippen LogP contribution in [-0.2, 0) is 9.59 Å². The third-order valence-corrected chi connectivity index (χ3v) is 3.74. The number of hydrogen-bond acceptors (Lipinski definition) is 3. The summed E-state index contributed by atoms with van der Waals surface area (Å²) < 4.78 is 0. The van der Waals surface area contributed by atoms with Crippen molar-refractivity contribution in [3.8, 4) is 0 Å². The molecule has 0 aromatic heterocycles. The minimum Gasteiger partial charge on any atom is -0.350 e. The second-order valence-electron chi connectivity index (χ2n) is 5.18. The average Bonchev–Trinajstić information content (AvgIpc) is 2.36. The van der Waals surface area contributed by atoms with Crippen LogP contribution in [0.4, 0.5) is 0 Å². The van der Waals surface area contributed by atoms with Gasteiger partial charge in [-0.3, -0.25) is 9.59 Å². The van der Waals surface area contributed by atoms with Crippen LogP contribution in [0.3, 0.4) is 0 Å². The lowest BCUT2D eigenvalue weighted by molar-refractivity contribution is -0.133. The van der Waals surface area contributed by atoms with Crippen LogP contribution in [0.5, 0.6) is 0 Å². The van der Waals surface area contributed by atoms with Crippen molar-refractivity contribution >= 4 is 11.8 Å². The molecule has 0 spiro atoms. The van der Waals surface area contributed by atoms with E-state index in [9.17, 15) is 9.59 Å². The number of carbonyl (C=O) groups is 2. The van der Waals surface area contributed by atoms with Crippen LogP contribution in [0.25, 0.3) is 0 Å². The van der Waals surface area contributed by atoms with Crippen molar-refractivity contribution in [3.63, 3.8) is 0 Å². The maximum atomic E-state index is 11.8. The highest BCUT2D eigenvalue weighted by Gasteiger charge is 2.24. The number of nitrogens with zero attached hydrogens (tertiary/aromatic N) is 1. The van der Waals surface area contributed by atoms with E-state index in [0.717, 1.165) is 12.8 Å². The van der Waals surface area contributed by atoms with E-state index in [4.69, 9.17) is 5.73 Å². The molecule has 3 N–H and O–H groups in total. The molecule has 5 heteroatoms. The van der Waals surface area contributed by atoms with Crippen LogP contribution in [0, 0.1) is 5.92 Å². The first-order chi connectivity index (χ1) is 8.54. The maximum absolute atomic E-state index is 11.8. The molecule has 0 radical (unpaired) electrons. The molecule has 104 valence electrons. The Labute approximate surface area is 109 Å². The molecule has 0 saturated heterocycles. The Kier molecular flexibility index (Phi) is 6.12. The van der Waals surface area contributed by atoms with Crippen molar-refractivity contribution in [2.45, 2.75) is 45.1 Å². The van der Waals surface area contributed by atoms with Gasteiger partial charge in [0, 0.05) is 26.6 Å². The van der Waals surface area contributed by atoms with E-state index in [1.54, 1.807) is 7.05 Å².